The summed E-state index contributed by atoms with van der Waals surface area (Å²) in [5.74, 6) is 0.325. The van der Waals surface area contributed by atoms with Gasteiger partial charge in [0.25, 0.3) is 5.91 Å². The molecule has 2 aromatic heterocycles. The summed E-state index contributed by atoms with van der Waals surface area (Å²) in [4.78, 5) is 47.5. The quantitative estimate of drug-likeness (QED) is 0.151. The van der Waals surface area contributed by atoms with Crippen LogP contribution >= 0.6 is 22.7 Å². The molecule has 0 bridgehead atoms. The molecule has 46 heavy (non-hydrogen) atoms. The van der Waals surface area contributed by atoms with E-state index in [0.29, 0.717) is 59.5 Å². The first kappa shape index (κ1) is 32.6. The Morgan fingerprint density at radius 2 is 2.00 bits per heavy atom. The first-order chi connectivity index (χ1) is 22.2. The summed E-state index contributed by atoms with van der Waals surface area (Å²) in [6.45, 7) is 9.64. The van der Waals surface area contributed by atoms with Crippen molar-refractivity contribution in [3.63, 3.8) is 0 Å². The number of hydrogen-bond acceptors (Lipinski definition) is 11. The van der Waals surface area contributed by atoms with Crippen LogP contribution in [0.4, 0.5) is 5.69 Å². The average molecular weight is 665 g/mol. The highest BCUT2D eigenvalue weighted by atomic mass is 32.1. The number of aliphatic hydroxyl groups is 1. The van der Waals surface area contributed by atoms with Gasteiger partial charge in [0.1, 0.15) is 5.69 Å². The number of thiazole rings is 2. The van der Waals surface area contributed by atoms with E-state index in [-0.39, 0.29) is 22.1 Å². The van der Waals surface area contributed by atoms with Gasteiger partial charge in [0.15, 0.2) is 5.01 Å². The summed E-state index contributed by atoms with van der Waals surface area (Å²) in [7, 11) is 0. The minimum Gasteiger partial charge on any atom is -0.387 e. The molecule has 2 aromatic carbocycles. The van der Waals surface area contributed by atoms with Gasteiger partial charge in [-0.2, -0.15) is 0 Å². The molecule has 0 saturated carbocycles. The topological polar surface area (TPSA) is 140 Å². The number of aromatic amines is 1. The highest BCUT2D eigenvalue weighted by Crippen LogP contribution is 2.33. The largest absolute Gasteiger partial charge is 0.387 e. The lowest BCUT2D eigenvalue weighted by Gasteiger charge is -2.47. The highest BCUT2D eigenvalue weighted by Gasteiger charge is 2.41. The summed E-state index contributed by atoms with van der Waals surface area (Å²) in [6, 6.07) is 11.8. The second kappa shape index (κ2) is 14.2. The molecule has 13 heteroatoms. The fourth-order valence-electron chi connectivity index (χ4n) is 6.33. The van der Waals surface area contributed by atoms with Gasteiger partial charge in [-0.15, -0.1) is 16.2 Å². The zero-order valence-corrected chi connectivity index (χ0v) is 27.8. The number of nitrogens with zero attached hydrogens (tertiary/aromatic N) is 4. The van der Waals surface area contributed by atoms with Crippen molar-refractivity contribution in [3.05, 3.63) is 83.7 Å². The standard InChI is InChI=1S/C33H40N6O5S2/c1-21(2)26-19-45-30(35-26)31(41)39-14-15-44-33(20-39)9-12-38(13-10-33)18-23-5-3-4-22(16-23)8-11-34-17-27(40)24-6-7-25(37-43)28-29(24)46-32(42)36-28/h3-7,16,19,21,27,34,40H,8-15,17-18,20H2,1-2H3,(H,36,42). The molecule has 4 aromatic rings. The number of likely N-dealkylation sites (tertiary alicyclic amines) is 1. The molecule has 1 spiro atoms. The van der Waals surface area contributed by atoms with Crippen LogP contribution in [0.3, 0.4) is 0 Å². The SMILES string of the molecule is CC(C)c1csc(C(=O)N2CCOC3(CCN(Cc4cccc(CCNCC(O)c5ccc(N=O)c6[nH]c(=O)sc56)c4)CC3)C2)n1. The van der Waals surface area contributed by atoms with Crippen molar-refractivity contribution >= 4 is 44.5 Å². The van der Waals surface area contributed by atoms with Crippen molar-refractivity contribution in [2.75, 3.05) is 45.9 Å². The maximum Gasteiger partial charge on any atom is 0.305 e. The summed E-state index contributed by atoms with van der Waals surface area (Å²) < 4.78 is 6.88. The van der Waals surface area contributed by atoms with Crippen LogP contribution in [0.25, 0.3) is 10.2 Å². The number of amides is 1. The van der Waals surface area contributed by atoms with Crippen LogP contribution in [0.1, 0.15) is 70.9 Å². The first-order valence-electron chi connectivity index (χ1n) is 15.8. The van der Waals surface area contributed by atoms with Gasteiger partial charge in [0.05, 0.1) is 40.8 Å². The van der Waals surface area contributed by atoms with Crippen molar-refractivity contribution < 1.29 is 14.6 Å². The number of fused-ring (bicyclic) bond motifs is 1. The third-order valence-corrected chi connectivity index (χ3v) is 10.8. The molecule has 11 nitrogen and oxygen atoms in total. The maximum atomic E-state index is 13.2. The number of nitrogens with one attached hydrogen (secondary N) is 2. The zero-order valence-electron chi connectivity index (χ0n) is 26.2. The minimum absolute atomic E-state index is 0.0184. The third kappa shape index (κ3) is 7.29. The molecule has 1 atom stereocenters. The Balaban J connectivity index is 0.970. The maximum absolute atomic E-state index is 13.2. The Hall–Kier alpha value is -3.33. The van der Waals surface area contributed by atoms with E-state index in [0.717, 1.165) is 55.9 Å². The summed E-state index contributed by atoms with van der Waals surface area (Å²) in [5.41, 5.74) is 4.29. The average Bonchev–Trinajstić information content (AvgIpc) is 3.71. The van der Waals surface area contributed by atoms with Crippen LogP contribution in [-0.2, 0) is 17.7 Å². The van der Waals surface area contributed by atoms with Crippen LogP contribution in [-0.4, -0.2) is 82.3 Å². The predicted molar refractivity (Wildman–Crippen MR) is 181 cm³/mol. The summed E-state index contributed by atoms with van der Waals surface area (Å²) >= 11 is 2.41. The number of rotatable bonds is 11. The lowest BCUT2D eigenvalue weighted by atomic mass is 9.89. The molecule has 1 unspecified atom stereocenters. The molecule has 6 rings (SSSR count). The van der Waals surface area contributed by atoms with Gasteiger partial charge in [-0.05, 0) is 54.1 Å². The van der Waals surface area contributed by atoms with Crippen molar-refractivity contribution in [2.45, 2.75) is 57.3 Å². The van der Waals surface area contributed by atoms with E-state index in [9.17, 15) is 19.6 Å². The number of aromatic nitrogens is 2. The van der Waals surface area contributed by atoms with Crippen LogP contribution in [0, 0.1) is 4.91 Å². The van der Waals surface area contributed by atoms with Gasteiger partial charge < -0.3 is 25.0 Å². The molecule has 244 valence electrons. The molecule has 0 radical (unpaired) electrons. The lowest BCUT2D eigenvalue weighted by molar-refractivity contribution is -0.127. The minimum atomic E-state index is -0.827. The van der Waals surface area contributed by atoms with E-state index in [4.69, 9.17) is 4.74 Å². The number of ether oxygens (including phenoxy) is 1. The van der Waals surface area contributed by atoms with Gasteiger partial charge in [0, 0.05) is 43.7 Å². The van der Waals surface area contributed by atoms with E-state index in [1.165, 1.54) is 28.5 Å². The normalized spacial score (nSPS) is 17.6. The second-order valence-electron chi connectivity index (χ2n) is 12.5. The summed E-state index contributed by atoms with van der Waals surface area (Å²) in [6.07, 6.45) is 1.75. The number of morpholine rings is 1. The van der Waals surface area contributed by atoms with Crippen LogP contribution in [0.2, 0.25) is 0 Å². The van der Waals surface area contributed by atoms with E-state index in [2.05, 4.69) is 63.5 Å². The molecule has 3 N–H and O–H groups in total. The first-order valence-corrected chi connectivity index (χ1v) is 17.5. The lowest BCUT2D eigenvalue weighted by Crippen LogP contribution is -2.57. The van der Waals surface area contributed by atoms with E-state index < -0.39 is 6.10 Å². The van der Waals surface area contributed by atoms with Crippen LogP contribution in [0.5, 0.6) is 0 Å². The Labute approximate surface area is 275 Å². The van der Waals surface area contributed by atoms with E-state index in [1.807, 2.05) is 10.3 Å². The van der Waals surface area contributed by atoms with Gasteiger partial charge in [-0.25, -0.2) is 4.98 Å². The molecule has 0 aliphatic carbocycles. The Morgan fingerprint density at radius 3 is 2.76 bits per heavy atom. The molecular weight excluding hydrogens is 625 g/mol. The molecule has 2 fully saturated rings. The Bertz CT molecular complexity index is 1740. The number of H-pyrrole nitrogens is 1. The van der Waals surface area contributed by atoms with Crippen molar-refractivity contribution in [3.8, 4) is 0 Å². The fraction of sp³-hybridized carbons (Fsp3) is 0.485. The zero-order chi connectivity index (χ0) is 32.3. The Kier molecular flexibility index (Phi) is 10.1. The number of piperidine rings is 1. The van der Waals surface area contributed by atoms with Crippen molar-refractivity contribution in [2.24, 2.45) is 5.18 Å². The number of carbonyl (C=O) groups is 1. The third-order valence-electron chi connectivity index (χ3n) is 8.97. The second-order valence-corrected chi connectivity index (χ2v) is 14.4. The molecule has 4 heterocycles. The van der Waals surface area contributed by atoms with Gasteiger partial charge in [-0.3, -0.25) is 14.5 Å². The highest BCUT2D eigenvalue weighted by molar-refractivity contribution is 7.16. The molecular formula is C33H40N6O5S2. The Morgan fingerprint density at radius 1 is 1.20 bits per heavy atom. The van der Waals surface area contributed by atoms with Gasteiger partial charge in [-0.1, -0.05) is 55.5 Å². The van der Waals surface area contributed by atoms with Crippen molar-refractivity contribution in [1.29, 1.82) is 0 Å². The predicted octanol–water partition coefficient (Wildman–Crippen LogP) is 4.94. The summed E-state index contributed by atoms with van der Waals surface area (Å²) in [5, 5.41) is 19.7. The molecule has 1 amide bonds. The van der Waals surface area contributed by atoms with E-state index >= 15 is 0 Å². The number of carbonyl (C=O) groups excluding carboxylic acids is 1. The van der Waals surface area contributed by atoms with E-state index in [1.54, 1.807) is 6.07 Å². The van der Waals surface area contributed by atoms with Crippen LogP contribution < -0.4 is 10.2 Å². The molecule has 2 aliphatic heterocycles. The van der Waals surface area contributed by atoms with Crippen molar-refractivity contribution in [1.82, 2.24) is 25.1 Å². The number of aliphatic hydroxyl groups excluding tert-OH is 1. The molecule has 2 aliphatic rings. The monoisotopic (exact) mass is 664 g/mol. The van der Waals surface area contributed by atoms with Crippen LogP contribution in [0.15, 0.2) is 51.7 Å². The van der Waals surface area contributed by atoms with Gasteiger partial charge >= 0.3 is 4.87 Å². The number of nitroso groups, excluding NO2 is 1. The number of benzene rings is 2. The fourth-order valence-corrected chi connectivity index (χ4v) is 8.19. The van der Waals surface area contributed by atoms with Gasteiger partial charge in [0.2, 0.25) is 0 Å². The molecule has 2 saturated heterocycles. The number of hydrogen-bond donors (Lipinski definition) is 3. The smallest absolute Gasteiger partial charge is 0.305 e.